The maximum Gasteiger partial charge on any atom is 0.264 e. The Labute approximate surface area is 208 Å². The minimum absolute atomic E-state index is 0.107. The molecule has 0 unspecified atom stereocenters. The van der Waals surface area contributed by atoms with Crippen molar-refractivity contribution in [2.75, 3.05) is 34.3 Å². The Bertz CT molecular complexity index is 1310. The molecule has 0 aliphatic carbocycles. The van der Waals surface area contributed by atoms with Crippen molar-refractivity contribution >= 4 is 38.8 Å². The van der Waals surface area contributed by atoms with Crippen LogP contribution in [0.2, 0.25) is 0 Å². The predicted molar refractivity (Wildman–Crippen MR) is 139 cm³/mol. The average molecular weight is 492 g/mol. The number of thiophene rings is 1. The highest BCUT2D eigenvalue weighted by Gasteiger charge is 2.22. The number of hydrogen-bond acceptors (Lipinski definition) is 6. The molecule has 1 aliphatic heterocycles. The Kier molecular flexibility index (Phi) is 7.36. The number of carbonyl (C=O) groups excluding carboxylic acids is 2. The number of amides is 2. The van der Waals surface area contributed by atoms with Crippen LogP contribution in [0.1, 0.15) is 21.7 Å². The number of likely N-dealkylation sites (N-methyl/N-ethyl adjacent to an activating group) is 1. The van der Waals surface area contributed by atoms with E-state index in [9.17, 15) is 9.59 Å². The van der Waals surface area contributed by atoms with Crippen molar-refractivity contribution in [2.24, 2.45) is 0 Å². The smallest absolute Gasteiger partial charge is 0.264 e. The minimum atomic E-state index is -0.117. The summed E-state index contributed by atoms with van der Waals surface area (Å²) in [5.74, 6) is 0.489. The summed E-state index contributed by atoms with van der Waals surface area (Å²) in [6.45, 7) is 5.32. The lowest BCUT2D eigenvalue weighted by Gasteiger charge is -2.22. The van der Waals surface area contributed by atoms with Gasteiger partial charge in [0.2, 0.25) is 5.91 Å². The van der Waals surface area contributed by atoms with Crippen molar-refractivity contribution in [3.05, 3.63) is 77.7 Å². The van der Waals surface area contributed by atoms with E-state index < -0.39 is 0 Å². The van der Waals surface area contributed by atoms with Gasteiger partial charge < -0.3 is 19.9 Å². The van der Waals surface area contributed by atoms with Crippen molar-refractivity contribution in [1.29, 1.82) is 0 Å². The van der Waals surface area contributed by atoms with E-state index in [1.54, 1.807) is 29.9 Å². The van der Waals surface area contributed by atoms with Crippen molar-refractivity contribution in [1.82, 2.24) is 24.9 Å². The molecule has 1 N–H and O–H groups in total. The van der Waals surface area contributed by atoms with Crippen LogP contribution in [0.3, 0.4) is 0 Å². The first-order chi connectivity index (χ1) is 16.9. The number of rotatable bonds is 9. The molecule has 35 heavy (non-hydrogen) atoms. The molecule has 0 radical (unpaired) electrons. The van der Waals surface area contributed by atoms with Crippen molar-refractivity contribution < 1.29 is 14.3 Å². The second-order valence-electron chi connectivity index (χ2n) is 8.17. The van der Waals surface area contributed by atoms with E-state index in [0.29, 0.717) is 30.3 Å². The molecule has 2 aromatic heterocycles. The molecule has 9 heteroatoms. The maximum atomic E-state index is 13.6. The molecule has 0 fully saturated rings. The van der Waals surface area contributed by atoms with E-state index in [0.717, 1.165) is 26.9 Å². The molecule has 0 bridgehead atoms. The summed E-state index contributed by atoms with van der Waals surface area (Å²) in [5, 5.41) is 7.74. The van der Waals surface area contributed by atoms with Crippen molar-refractivity contribution in [3.8, 4) is 5.75 Å². The zero-order valence-electron chi connectivity index (χ0n) is 20.2. The third kappa shape index (κ3) is 5.30. The van der Waals surface area contributed by atoms with Crippen LogP contribution in [0, 0.1) is 0 Å². The summed E-state index contributed by atoms with van der Waals surface area (Å²) in [7, 11) is 5.18. The van der Waals surface area contributed by atoms with Gasteiger partial charge in [0.1, 0.15) is 5.75 Å². The number of hydrogen-bond donors (Lipinski definition) is 1. The first kappa shape index (κ1) is 24.3. The van der Waals surface area contributed by atoms with Gasteiger partial charge in [0, 0.05) is 73.5 Å². The highest BCUT2D eigenvalue weighted by molar-refractivity contribution is 7.21. The lowest BCUT2D eigenvalue weighted by atomic mass is 10.0. The predicted octanol–water partition coefficient (Wildman–Crippen LogP) is 3.74. The number of benzene rings is 1. The van der Waals surface area contributed by atoms with Crippen molar-refractivity contribution in [3.63, 3.8) is 0 Å². The van der Waals surface area contributed by atoms with E-state index >= 15 is 0 Å². The number of carbonyl (C=O) groups is 2. The van der Waals surface area contributed by atoms with Crippen molar-refractivity contribution in [2.45, 2.75) is 13.0 Å². The van der Waals surface area contributed by atoms with Gasteiger partial charge in [-0.15, -0.1) is 11.3 Å². The van der Waals surface area contributed by atoms with Crippen LogP contribution in [-0.4, -0.2) is 65.7 Å². The summed E-state index contributed by atoms with van der Waals surface area (Å²) in [6.07, 6.45) is 9.83. The lowest BCUT2D eigenvalue weighted by Crippen LogP contribution is -2.36. The molecule has 0 saturated carbocycles. The quantitative estimate of drug-likeness (QED) is 0.493. The van der Waals surface area contributed by atoms with E-state index in [1.807, 2.05) is 60.8 Å². The molecule has 182 valence electrons. The van der Waals surface area contributed by atoms with Crippen LogP contribution in [-0.2, 0) is 11.3 Å². The van der Waals surface area contributed by atoms with E-state index in [-0.39, 0.29) is 18.2 Å². The van der Waals surface area contributed by atoms with Gasteiger partial charge in [0.05, 0.1) is 18.5 Å². The van der Waals surface area contributed by atoms with Crippen LogP contribution in [0.4, 0.5) is 0 Å². The molecule has 4 rings (SSSR count). The first-order valence-electron chi connectivity index (χ1n) is 11.3. The van der Waals surface area contributed by atoms with E-state index in [2.05, 4.69) is 17.0 Å². The van der Waals surface area contributed by atoms with Gasteiger partial charge in [0.25, 0.3) is 5.91 Å². The number of fused-ring (bicyclic) bond motifs is 1. The molecule has 3 heterocycles. The van der Waals surface area contributed by atoms with Gasteiger partial charge in [-0.2, -0.15) is 5.10 Å². The lowest BCUT2D eigenvalue weighted by molar-refractivity contribution is -0.120. The fourth-order valence-electron chi connectivity index (χ4n) is 3.89. The van der Waals surface area contributed by atoms with Gasteiger partial charge in [-0.1, -0.05) is 12.7 Å². The Balaban J connectivity index is 1.68. The van der Waals surface area contributed by atoms with E-state index in [4.69, 9.17) is 4.74 Å². The topological polar surface area (TPSA) is 79.7 Å². The zero-order chi connectivity index (χ0) is 24.9. The number of nitrogens with one attached hydrogen (secondary N) is 1. The van der Waals surface area contributed by atoms with Crippen LogP contribution < -0.4 is 10.1 Å². The maximum absolute atomic E-state index is 13.6. The molecule has 0 spiro atoms. The Morgan fingerprint density at radius 2 is 2.09 bits per heavy atom. The number of methoxy groups -OCH3 is 1. The van der Waals surface area contributed by atoms with Gasteiger partial charge >= 0.3 is 0 Å². The molecule has 2 amide bonds. The van der Waals surface area contributed by atoms with Gasteiger partial charge in [-0.3, -0.25) is 14.3 Å². The second-order valence-corrected chi connectivity index (χ2v) is 9.23. The second kappa shape index (κ2) is 10.6. The van der Waals surface area contributed by atoms with Crippen LogP contribution >= 0.6 is 11.3 Å². The Morgan fingerprint density at radius 1 is 1.26 bits per heavy atom. The Hall–Kier alpha value is -3.85. The zero-order valence-corrected chi connectivity index (χ0v) is 21.0. The minimum Gasteiger partial charge on any atom is -0.496 e. The molecule has 0 saturated heterocycles. The summed E-state index contributed by atoms with van der Waals surface area (Å²) in [4.78, 5) is 29.8. The molecule has 1 aliphatic rings. The fraction of sp³-hybridized carbons (Fsp3) is 0.269. The summed E-state index contributed by atoms with van der Waals surface area (Å²) in [5.41, 5.74) is 2.96. The normalized spacial score (nSPS) is 13.2. The summed E-state index contributed by atoms with van der Waals surface area (Å²) < 4.78 is 8.36. The molecule has 0 atom stereocenters. The van der Waals surface area contributed by atoms with Crippen LogP contribution in [0.25, 0.3) is 15.7 Å². The highest BCUT2D eigenvalue weighted by Crippen LogP contribution is 2.39. The number of aromatic nitrogens is 2. The molecular formula is C26H29N5O3S. The van der Waals surface area contributed by atoms with Gasteiger partial charge in [-0.25, -0.2) is 0 Å². The SMILES string of the molecule is C=C1C=CC(c2ccc(OC)c3cc(C(=O)N(CCC(=O)NC)CCn4cccn4)sc23)=CN1C. The molecule has 1 aromatic carbocycles. The third-order valence-corrected chi connectivity index (χ3v) is 7.12. The van der Waals surface area contributed by atoms with E-state index in [1.165, 1.54) is 11.3 Å². The molecule has 8 nitrogen and oxygen atoms in total. The highest BCUT2D eigenvalue weighted by atomic mass is 32.1. The monoisotopic (exact) mass is 491 g/mol. The average Bonchev–Trinajstić information content (AvgIpc) is 3.55. The Morgan fingerprint density at radius 3 is 2.77 bits per heavy atom. The first-order valence-corrected chi connectivity index (χ1v) is 12.1. The number of nitrogens with zero attached hydrogens (tertiary/aromatic N) is 4. The van der Waals surface area contributed by atoms with Gasteiger partial charge in [0.15, 0.2) is 0 Å². The molecule has 3 aromatic rings. The van der Waals surface area contributed by atoms with Crippen LogP contribution in [0.5, 0.6) is 5.75 Å². The van der Waals surface area contributed by atoms with Gasteiger partial charge in [-0.05, 0) is 35.9 Å². The summed E-state index contributed by atoms with van der Waals surface area (Å²) in [6, 6.07) is 7.68. The fourth-order valence-corrected chi connectivity index (χ4v) is 5.07. The summed E-state index contributed by atoms with van der Waals surface area (Å²) >= 11 is 1.44. The molecular weight excluding hydrogens is 462 g/mol. The third-order valence-electron chi connectivity index (χ3n) is 5.96. The standard InChI is InChI=1S/C26H29N5O3S/c1-18-6-7-19(17-29(18)3)20-8-9-22(34-4)21-16-23(35-25(20)21)26(33)30(13-10-24(32)27-2)14-15-31-12-5-11-28-31/h5-9,11-12,16-17H,1,10,13-15H2,2-4H3,(H,27,32). The number of ether oxygens (including phenoxy) is 1. The number of allylic oxidation sites excluding steroid dienone is 3. The largest absolute Gasteiger partial charge is 0.496 e. The van der Waals surface area contributed by atoms with Crippen LogP contribution in [0.15, 0.2) is 67.3 Å².